The first-order chi connectivity index (χ1) is 24.6. The predicted molar refractivity (Wildman–Crippen MR) is 191 cm³/mol. The number of esters is 1. The summed E-state index contributed by atoms with van der Waals surface area (Å²) in [7, 11) is 0. The van der Waals surface area contributed by atoms with E-state index in [-0.39, 0.29) is 18.9 Å². The van der Waals surface area contributed by atoms with Crippen LogP contribution in [0.15, 0.2) is 140 Å². The van der Waals surface area contributed by atoms with Crippen molar-refractivity contribution in [1.82, 2.24) is 30.2 Å². The number of carbonyl (C=O) groups excluding carboxylic acids is 1. The van der Waals surface area contributed by atoms with E-state index in [1.165, 1.54) is 0 Å². The van der Waals surface area contributed by atoms with Gasteiger partial charge in [0.15, 0.2) is 11.5 Å². The molecule has 0 fully saturated rings. The number of ether oxygens (including phenoxy) is 1. The second-order valence-corrected chi connectivity index (χ2v) is 12.0. The van der Waals surface area contributed by atoms with Crippen molar-refractivity contribution in [3.05, 3.63) is 179 Å². The van der Waals surface area contributed by atoms with Crippen LogP contribution in [0.1, 0.15) is 57.6 Å². The number of aryl methyl sites for hydroxylation is 1. The molecule has 0 atom stereocenters. The van der Waals surface area contributed by atoms with E-state index < -0.39 is 11.5 Å². The first kappa shape index (κ1) is 32.4. The van der Waals surface area contributed by atoms with Gasteiger partial charge in [0.2, 0.25) is 0 Å². The van der Waals surface area contributed by atoms with Crippen molar-refractivity contribution in [1.29, 1.82) is 0 Å². The average molecular weight is 661 g/mol. The molecule has 7 rings (SSSR count). The van der Waals surface area contributed by atoms with Crippen LogP contribution in [-0.4, -0.2) is 41.3 Å². The fourth-order valence-electron chi connectivity index (χ4n) is 6.52. The molecule has 0 saturated carbocycles. The van der Waals surface area contributed by atoms with Gasteiger partial charge < -0.3 is 14.8 Å². The van der Waals surface area contributed by atoms with Gasteiger partial charge in [0.25, 0.3) is 0 Å². The van der Waals surface area contributed by atoms with Crippen LogP contribution >= 0.6 is 0 Å². The van der Waals surface area contributed by atoms with E-state index in [9.17, 15) is 9.90 Å². The van der Waals surface area contributed by atoms with Crippen molar-refractivity contribution in [2.45, 2.75) is 38.5 Å². The third-order valence-corrected chi connectivity index (χ3v) is 8.83. The molecule has 0 bridgehead atoms. The van der Waals surface area contributed by atoms with Crippen molar-refractivity contribution in [2.24, 2.45) is 0 Å². The SMILES string of the molecule is CCCc1nc(CO)c(C(=O)OCc2ccc(-c3ccccc3-c3nnnn3C(c3ccccc3)(c3ccccc3)c3ccccc3)cc2)[nH]1. The Hall–Kier alpha value is -6.19. The minimum absolute atomic E-state index is 0.0692. The number of imidazole rings is 1. The number of aliphatic hydroxyl groups excluding tert-OH is 1. The number of nitrogens with one attached hydrogen (secondary N) is 1. The Morgan fingerprint density at radius 3 is 1.88 bits per heavy atom. The number of tetrazole rings is 1. The highest BCUT2D eigenvalue weighted by molar-refractivity contribution is 5.88. The molecule has 0 aliphatic rings. The molecule has 0 saturated heterocycles. The van der Waals surface area contributed by atoms with E-state index in [1.807, 2.05) is 109 Å². The zero-order valence-corrected chi connectivity index (χ0v) is 27.6. The monoisotopic (exact) mass is 660 g/mol. The van der Waals surface area contributed by atoms with Crippen molar-refractivity contribution in [2.75, 3.05) is 0 Å². The highest BCUT2D eigenvalue weighted by Gasteiger charge is 2.42. The fourth-order valence-corrected chi connectivity index (χ4v) is 6.52. The third kappa shape index (κ3) is 6.10. The standard InChI is InChI=1S/C41H36N6O3/c1-2-14-37-42-36(27-48)38(43-37)40(49)50-28-29-23-25-30(26-24-29)34-21-12-13-22-35(34)39-44-45-46-47(39)41(31-15-6-3-7-16-31,32-17-8-4-9-18-32)33-19-10-5-11-20-33/h3-13,15-26,48H,2,14,27-28H2,1H3,(H,42,43). The molecule has 0 aliphatic heterocycles. The van der Waals surface area contributed by atoms with Gasteiger partial charge in [-0.25, -0.2) is 14.5 Å². The Morgan fingerprint density at radius 2 is 1.32 bits per heavy atom. The summed E-state index contributed by atoms with van der Waals surface area (Å²) in [6, 6.07) is 46.9. The lowest BCUT2D eigenvalue weighted by Crippen LogP contribution is -2.39. The summed E-state index contributed by atoms with van der Waals surface area (Å²) in [5, 5.41) is 23.3. The highest BCUT2D eigenvalue weighted by atomic mass is 16.5. The average Bonchev–Trinajstić information content (AvgIpc) is 3.84. The smallest absolute Gasteiger partial charge is 0.357 e. The molecule has 9 nitrogen and oxygen atoms in total. The van der Waals surface area contributed by atoms with Gasteiger partial charge in [0.1, 0.15) is 18.0 Å². The number of nitrogens with zero attached hydrogens (tertiary/aromatic N) is 5. The number of aromatic nitrogens is 6. The first-order valence-corrected chi connectivity index (χ1v) is 16.6. The minimum atomic E-state index is -0.884. The van der Waals surface area contributed by atoms with Crippen molar-refractivity contribution >= 4 is 5.97 Å². The predicted octanol–water partition coefficient (Wildman–Crippen LogP) is 7.37. The molecule has 7 aromatic rings. The molecule has 2 aromatic heterocycles. The number of hydrogen-bond acceptors (Lipinski definition) is 7. The second-order valence-electron chi connectivity index (χ2n) is 12.0. The van der Waals surface area contributed by atoms with Crippen molar-refractivity contribution < 1.29 is 14.6 Å². The number of hydrogen-bond donors (Lipinski definition) is 2. The lowest BCUT2D eigenvalue weighted by Gasteiger charge is -2.36. The maximum atomic E-state index is 12.9. The highest BCUT2D eigenvalue weighted by Crippen LogP contribution is 2.43. The summed E-state index contributed by atoms with van der Waals surface area (Å²) >= 11 is 0. The summed E-state index contributed by atoms with van der Waals surface area (Å²) in [6.45, 7) is 1.75. The Morgan fingerprint density at radius 1 is 0.760 bits per heavy atom. The molecule has 50 heavy (non-hydrogen) atoms. The van der Waals surface area contributed by atoms with Crippen LogP contribution in [0.5, 0.6) is 0 Å². The van der Waals surface area contributed by atoms with Crippen LogP contribution in [0.2, 0.25) is 0 Å². The number of H-pyrrole nitrogens is 1. The van der Waals surface area contributed by atoms with Crippen molar-refractivity contribution in [3.8, 4) is 22.5 Å². The molecular weight excluding hydrogens is 624 g/mol. The largest absolute Gasteiger partial charge is 0.456 e. The number of aromatic amines is 1. The molecule has 2 N–H and O–H groups in total. The second kappa shape index (κ2) is 14.5. The molecule has 0 unspecified atom stereocenters. The minimum Gasteiger partial charge on any atom is -0.456 e. The van der Waals surface area contributed by atoms with Crippen molar-refractivity contribution in [3.63, 3.8) is 0 Å². The summed E-state index contributed by atoms with van der Waals surface area (Å²) < 4.78 is 7.54. The molecule has 0 aliphatic carbocycles. The first-order valence-electron chi connectivity index (χ1n) is 16.6. The van der Waals surface area contributed by atoms with Gasteiger partial charge in [-0.05, 0) is 50.2 Å². The van der Waals surface area contributed by atoms with Crippen LogP contribution in [0.3, 0.4) is 0 Å². The Balaban J connectivity index is 1.25. The van der Waals surface area contributed by atoms with Gasteiger partial charge >= 0.3 is 5.97 Å². The van der Waals surface area contributed by atoms with Gasteiger partial charge in [-0.15, -0.1) is 5.10 Å². The molecule has 5 aromatic carbocycles. The van der Waals surface area contributed by atoms with Gasteiger partial charge in [-0.2, -0.15) is 0 Å². The Labute approximate surface area is 290 Å². The summed E-state index contributed by atoms with van der Waals surface area (Å²) in [6.07, 6.45) is 1.55. The van der Waals surface area contributed by atoms with E-state index in [0.717, 1.165) is 45.4 Å². The maximum Gasteiger partial charge on any atom is 0.357 e. The fraction of sp³-hybridized carbons (Fsp3) is 0.146. The zero-order chi connectivity index (χ0) is 34.3. The Kier molecular flexibility index (Phi) is 9.39. The maximum absolute atomic E-state index is 12.9. The normalized spacial score (nSPS) is 11.4. The molecule has 0 radical (unpaired) electrons. The Bertz CT molecular complexity index is 2080. The van der Waals surface area contributed by atoms with Crippen LogP contribution < -0.4 is 0 Å². The molecular formula is C41H36N6O3. The quantitative estimate of drug-likeness (QED) is 0.104. The molecule has 248 valence electrons. The lowest BCUT2D eigenvalue weighted by atomic mass is 9.77. The van der Waals surface area contributed by atoms with Crippen LogP contribution in [0, 0.1) is 0 Å². The van der Waals surface area contributed by atoms with Gasteiger partial charge in [-0.1, -0.05) is 146 Å². The summed E-state index contributed by atoms with van der Waals surface area (Å²) in [5.41, 5.74) is 6.24. The number of rotatable bonds is 12. The molecule has 0 spiro atoms. The van der Waals surface area contributed by atoms with Gasteiger partial charge in [0.05, 0.1) is 12.3 Å². The topological polar surface area (TPSA) is 119 Å². The van der Waals surface area contributed by atoms with Crippen LogP contribution in [0.25, 0.3) is 22.5 Å². The number of carbonyl (C=O) groups is 1. The van der Waals surface area contributed by atoms with E-state index in [2.05, 4.69) is 62.7 Å². The zero-order valence-electron chi connectivity index (χ0n) is 27.6. The number of benzene rings is 5. The van der Waals surface area contributed by atoms with E-state index in [0.29, 0.717) is 23.8 Å². The molecule has 9 heteroatoms. The van der Waals surface area contributed by atoms with E-state index >= 15 is 0 Å². The lowest BCUT2D eigenvalue weighted by molar-refractivity contribution is 0.0462. The summed E-state index contributed by atoms with van der Waals surface area (Å²) in [5.74, 6) is 0.715. The van der Waals surface area contributed by atoms with Gasteiger partial charge in [-0.3, -0.25) is 0 Å². The summed E-state index contributed by atoms with van der Waals surface area (Å²) in [4.78, 5) is 20.2. The van der Waals surface area contributed by atoms with Crippen LogP contribution in [0.4, 0.5) is 0 Å². The molecule has 2 heterocycles. The van der Waals surface area contributed by atoms with E-state index in [4.69, 9.17) is 9.95 Å². The molecule has 0 amide bonds. The van der Waals surface area contributed by atoms with Gasteiger partial charge in [0, 0.05) is 12.0 Å². The van der Waals surface area contributed by atoms with Crippen LogP contribution in [-0.2, 0) is 29.9 Å². The van der Waals surface area contributed by atoms with E-state index in [1.54, 1.807) is 0 Å². The number of aliphatic hydroxyl groups is 1. The third-order valence-electron chi connectivity index (χ3n) is 8.83.